The van der Waals surface area contributed by atoms with Gasteiger partial charge in [-0.25, -0.2) is 4.39 Å². The van der Waals surface area contributed by atoms with Crippen LogP contribution in [0.3, 0.4) is 0 Å². The van der Waals surface area contributed by atoms with Crippen LogP contribution in [0.5, 0.6) is 0 Å². The van der Waals surface area contributed by atoms with E-state index in [2.05, 4.69) is 5.32 Å². The molecule has 0 saturated carbocycles. The number of likely N-dealkylation sites (tertiary alicyclic amines) is 1. The maximum Gasteiger partial charge on any atom is 0.258 e. The van der Waals surface area contributed by atoms with Crippen LogP contribution >= 0.6 is 11.6 Å². The van der Waals surface area contributed by atoms with Gasteiger partial charge in [-0.2, -0.15) is 0 Å². The van der Waals surface area contributed by atoms with Gasteiger partial charge in [-0.1, -0.05) is 48.0 Å². The van der Waals surface area contributed by atoms with Crippen LogP contribution < -0.4 is 5.32 Å². The molecule has 0 aliphatic carbocycles. The monoisotopic (exact) mass is 386 g/mol. The molecule has 1 aliphatic rings. The highest BCUT2D eigenvalue weighted by atomic mass is 35.5. The second-order valence-electron chi connectivity index (χ2n) is 6.42. The fourth-order valence-electron chi connectivity index (χ4n) is 3.07. The lowest BCUT2D eigenvalue weighted by Gasteiger charge is -2.32. The molecular weight excluding hydrogens is 367 g/mol. The summed E-state index contributed by atoms with van der Waals surface area (Å²) >= 11 is 5.97. The zero-order valence-corrected chi connectivity index (χ0v) is 15.5. The molecule has 140 valence electrons. The predicted octanol–water partition coefficient (Wildman–Crippen LogP) is 3.91. The molecule has 1 N–H and O–H groups in total. The molecule has 1 heterocycles. The molecule has 6 heteroatoms. The molecule has 3 rings (SSSR count). The van der Waals surface area contributed by atoms with E-state index in [-0.39, 0.29) is 22.5 Å². The van der Waals surface area contributed by atoms with E-state index in [1.54, 1.807) is 11.0 Å². The highest BCUT2D eigenvalue weighted by molar-refractivity contribution is 6.33. The first-order valence-electron chi connectivity index (χ1n) is 8.81. The Kier molecular flexibility index (Phi) is 6.24. The van der Waals surface area contributed by atoms with Crippen molar-refractivity contribution >= 4 is 29.5 Å². The van der Waals surface area contributed by atoms with E-state index in [1.807, 2.05) is 30.3 Å². The lowest BCUT2D eigenvalue weighted by atomic mass is 10.0. The minimum atomic E-state index is -0.617. The smallest absolute Gasteiger partial charge is 0.258 e. The van der Waals surface area contributed by atoms with Gasteiger partial charge in [-0.05, 0) is 36.6 Å². The largest absolute Gasteiger partial charge is 0.350 e. The number of carbonyl (C=O) groups excluding carboxylic acids is 2. The lowest BCUT2D eigenvalue weighted by Crippen LogP contribution is -2.46. The molecule has 0 spiro atoms. The summed E-state index contributed by atoms with van der Waals surface area (Å²) in [5.41, 5.74) is 0.863. The topological polar surface area (TPSA) is 49.4 Å². The molecule has 27 heavy (non-hydrogen) atoms. The van der Waals surface area contributed by atoms with Crippen molar-refractivity contribution in [2.24, 2.45) is 0 Å². The number of hydrogen-bond acceptors (Lipinski definition) is 2. The SMILES string of the molecule is O=C(/C=C/c1ccccc1)NC1CCN(C(=O)c2c(F)cccc2Cl)CC1. The van der Waals surface area contributed by atoms with Gasteiger partial charge in [0, 0.05) is 25.2 Å². The second-order valence-corrected chi connectivity index (χ2v) is 6.82. The van der Waals surface area contributed by atoms with Crippen LogP contribution in [0, 0.1) is 5.82 Å². The maximum absolute atomic E-state index is 13.9. The van der Waals surface area contributed by atoms with E-state index in [4.69, 9.17) is 11.6 Å². The van der Waals surface area contributed by atoms with E-state index >= 15 is 0 Å². The van der Waals surface area contributed by atoms with Crippen LogP contribution in [-0.4, -0.2) is 35.8 Å². The number of amides is 2. The van der Waals surface area contributed by atoms with Crippen molar-refractivity contribution in [3.05, 3.63) is 76.6 Å². The Labute approximate surface area is 162 Å². The average Bonchev–Trinajstić information content (AvgIpc) is 2.67. The molecule has 1 fully saturated rings. The van der Waals surface area contributed by atoms with Crippen molar-refractivity contribution in [3.8, 4) is 0 Å². The fraction of sp³-hybridized carbons (Fsp3) is 0.238. The van der Waals surface area contributed by atoms with Crippen molar-refractivity contribution in [1.82, 2.24) is 10.2 Å². The third-order valence-corrected chi connectivity index (χ3v) is 4.85. The van der Waals surface area contributed by atoms with Gasteiger partial charge in [-0.15, -0.1) is 0 Å². The summed E-state index contributed by atoms with van der Waals surface area (Å²) in [5, 5.41) is 3.06. The summed E-state index contributed by atoms with van der Waals surface area (Å²) in [6, 6.07) is 13.8. The van der Waals surface area contributed by atoms with Gasteiger partial charge in [0.2, 0.25) is 5.91 Å². The highest BCUT2D eigenvalue weighted by Gasteiger charge is 2.27. The van der Waals surface area contributed by atoms with Gasteiger partial charge < -0.3 is 10.2 Å². The van der Waals surface area contributed by atoms with Gasteiger partial charge in [0.05, 0.1) is 10.6 Å². The van der Waals surface area contributed by atoms with Gasteiger partial charge >= 0.3 is 0 Å². The van der Waals surface area contributed by atoms with Crippen LogP contribution in [0.25, 0.3) is 6.08 Å². The zero-order valence-electron chi connectivity index (χ0n) is 14.7. The molecule has 4 nitrogen and oxygen atoms in total. The number of carbonyl (C=O) groups is 2. The Hall–Kier alpha value is -2.66. The number of piperidine rings is 1. The van der Waals surface area contributed by atoms with E-state index in [0.717, 1.165) is 5.56 Å². The van der Waals surface area contributed by atoms with Crippen LogP contribution in [-0.2, 0) is 4.79 Å². The summed E-state index contributed by atoms with van der Waals surface area (Å²) < 4.78 is 13.9. The summed E-state index contributed by atoms with van der Waals surface area (Å²) in [5.74, 6) is -1.19. The van der Waals surface area contributed by atoms with E-state index in [9.17, 15) is 14.0 Å². The highest BCUT2D eigenvalue weighted by Crippen LogP contribution is 2.22. The van der Waals surface area contributed by atoms with E-state index in [1.165, 1.54) is 24.3 Å². The second kappa shape index (κ2) is 8.82. The normalized spacial score (nSPS) is 15.1. The fourth-order valence-corrected chi connectivity index (χ4v) is 3.32. The predicted molar refractivity (Wildman–Crippen MR) is 104 cm³/mol. The zero-order chi connectivity index (χ0) is 19.2. The lowest BCUT2D eigenvalue weighted by molar-refractivity contribution is -0.117. The van der Waals surface area contributed by atoms with Gasteiger partial charge in [0.15, 0.2) is 0 Å². The van der Waals surface area contributed by atoms with Gasteiger partial charge in [0.25, 0.3) is 5.91 Å². The van der Waals surface area contributed by atoms with Gasteiger partial charge in [0.1, 0.15) is 5.82 Å². The number of hydrogen-bond donors (Lipinski definition) is 1. The minimum Gasteiger partial charge on any atom is -0.350 e. The first-order valence-corrected chi connectivity index (χ1v) is 9.19. The van der Waals surface area contributed by atoms with Crippen molar-refractivity contribution in [3.63, 3.8) is 0 Å². The molecule has 2 amide bonds. The summed E-state index contributed by atoms with van der Waals surface area (Å²) in [4.78, 5) is 26.2. The Morgan fingerprint density at radius 3 is 2.44 bits per heavy atom. The first kappa shape index (κ1) is 19.1. The van der Waals surface area contributed by atoms with Crippen LogP contribution in [0.1, 0.15) is 28.8 Å². The molecule has 2 aromatic rings. The van der Waals surface area contributed by atoms with Crippen molar-refractivity contribution in [2.45, 2.75) is 18.9 Å². The number of nitrogens with zero attached hydrogens (tertiary/aromatic N) is 1. The average molecular weight is 387 g/mol. The maximum atomic E-state index is 13.9. The number of benzene rings is 2. The van der Waals surface area contributed by atoms with Crippen molar-refractivity contribution < 1.29 is 14.0 Å². The molecule has 1 saturated heterocycles. The molecule has 0 bridgehead atoms. The quantitative estimate of drug-likeness (QED) is 0.810. The van der Waals surface area contributed by atoms with Crippen molar-refractivity contribution in [2.75, 3.05) is 13.1 Å². The minimum absolute atomic E-state index is 0.0157. The summed E-state index contributed by atoms with van der Waals surface area (Å²) in [6.07, 6.45) is 4.49. The van der Waals surface area contributed by atoms with E-state index < -0.39 is 11.7 Å². The molecule has 0 radical (unpaired) electrons. The molecule has 1 aliphatic heterocycles. The summed E-state index contributed by atoms with van der Waals surface area (Å²) in [7, 11) is 0. The molecule has 0 unspecified atom stereocenters. The number of rotatable bonds is 4. The van der Waals surface area contributed by atoms with Crippen molar-refractivity contribution in [1.29, 1.82) is 0 Å². The number of halogens is 2. The Morgan fingerprint density at radius 2 is 1.78 bits per heavy atom. The van der Waals surface area contributed by atoms with E-state index in [0.29, 0.717) is 25.9 Å². The molecular formula is C21H20ClFN2O2. The van der Waals surface area contributed by atoms with Crippen LogP contribution in [0.15, 0.2) is 54.6 Å². The Morgan fingerprint density at radius 1 is 1.07 bits per heavy atom. The standard InChI is InChI=1S/C21H20ClFN2O2/c22-17-7-4-8-18(23)20(17)21(27)25-13-11-16(12-14-25)24-19(26)10-9-15-5-2-1-3-6-15/h1-10,16H,11-14H2,(H,24,26)/b10-9+. The summed E-state index contributed by atoms with van der Waals surface area (Å²) in [6.45, 7) is 0.883. The third kappa shape index (κ3) is 4.95. The first-order chi connectivity index (χ1) is 13.0. The van der Waals surface area contributed by atoms with Crippen LogP contribution in [0.2, 0.25) is 5.02 Å². The third-order valence-electron chi connectivity index (χ3n) is 4.53. The molecule has 2 aromatic carbocycles. The Bertz CT molecular complexity index is 826. The number of nitrogens with one attached hydrogen (secondary N) is 1. The molecule has 0 atom stereocenters. The Balaban J connectivity index is 1.52. The molecule has 0 aromatic heterocycles. The van der Waals surface area contributed by atoms with Gasteiger partial charge in [-0.3, -0.25) is 9.59 Å². The van der Waals surface area contributed by atoms with Crippen LogP contribution in [0.4, 0.5) is 4.39 Å².